The smallest absolute Gasteiger partial charge is 0.288 e. The van der Waals surface area contributed by atoms with Crippen molar-refractivity contribution in [3.63, 3.8) is 0 Å². The van der Waals surface area contributed by atoms with Crippen LogP contribution in [0.15, 0.2) is 59.7 Å². The summed E-state index contributed by atoms with van der Waals surface area (Å²) in [5.41, 5.74) is 6.15. The first-order valence-electron chi connectivity index (χ1n) is 8.40. The van der Waals surface area contributed by atoms with Crippen molar-refractivity contribution in [2.45, 2.75) is 13.8 Å². The number of nitrogens with zero attached hydrogens (tertiary/aromatic N) is 3. The Morgan fingerprint density at radius 2 is 1.89 bits per heavy atom. The number of hydrogen-bond acceptors (Lipinski definition) is 4. The van der Waals surface area contributed by atoms with Crippen LogP contribution in [-0.2, 0) is 0 Å². The van der Waals surface area contributed by atoms with E-state index >= 15 is 0 Å². The minimum atomic E-state index is -0.519. The lowest BCUT2D eigenvalue weighted by molar-refractivity contribution is -0.384. The molecule has 0 aliphatic rings. The first-order chi connectivity index (χ1) is 13.4. The second kappa shape index (κ2) is 8.06. The number of benzene rings is 2. The third-order valence-electron chi connectivity index (χ3n) is 4.26. The maximum absolute atomic E-state index is 12.0. The highest BCUT2D eigenvalue weighted by Gasteiger charge is 2.15. The van der Waals surface area contributed by atoms with E-state index in [1.54, 1.807) is 42.6 Å². The van der Waals surface area contributed by atoms with Crippen LogP contribution in [0.3, 0.4) is 0 Å². The molecular weight excluding hydrogens is 380 g/mol. The summed E-state index contributed by atoms with van der Waals surface area (Å²) in [5, 5.41) is 15.0. The van der Waals surface area contributed by atoms with E-state index in [-0.39, 0.29) is 16.6 Å². The summed E-state index contributed by atoms with van der Waals surface area (Å²) in [7, 11) is 0. The van der Waals surface area contributed by atoms with E-state index in [1.165, 1.54) is 6.07 Å². The molecule has 8 heteroatoms. The number of aromatic nitrogens is 1. The monoisotopic (exact) mass is 396 g/mol. The average molecular weight is 397 g/mol. The van der Waals surface area contributed by atoms with E-state index in [0.29, 0.717) is 11.3 Å². The molecule has 28 heavy (non-hydrogen) atoms. The van der Waals surface area contributed by atoms with E-state index in [0.717, 1.165) is 17.0 Å². The lowest BCUT2D eigenvalue weighted by atomic mass is 10.2. The van der Waals surface area contributed by atoms with Crippen LogP contribution in [0.2, 0.25) is 5.02 Å². The van der Waals surface area contributed by atoms with E-state index in [4.69, 9.17) is 11.6 Å². The van der Waals surface area contributed by atoms with Crippen molar-refractivity contribution in [2.24, 2.45) is 5.10 Å². The van der Waals surface area contributed by atoms with Gasteiger partial charge in [0.2, 0.25) is 0 Å². The predicted molar refractivity (Wildman–Crippen MR) is 108 cm³/mol. The molecule has 0 unspecified atom stereocenters. The molecule has 1 aromatic heterocycles. The fourth-order valence-corrected chi connectivity index (χ4v) is 3.16. The maximum atomic E-state index is 12.0. The number of hydrogen-bond donors (Lipinski definition) is 1. The van der Waals surface area contributed by atoms with Gasteiger partial charge in [0.05, 0.1) is 11.1 Å². The van der Waals surface area contributed by atoms with Crippen LogP contribution in [0, 0.1) is 24.0 Å². The van der Waals surface area contributed by atoms with Gasteiger partial charge in [-0.2, -0.15) is 5.10 Å². The number of amides is 1. The van der Waals surface area contributed by atoms with Gasteiger partial charge < -0.3 is 4.57 Å². The van der Waals surface area contributed by atoms with Gasteiger partial charge in [0.15, 0.2) is 0 Å². The summed E-state index contributed by atoms with van der Waals surface area (Å²) in [4.78, 5) is 22.5. The molecule has 3 aromatic rings. The molecule has 0 spiro atoms. The normalized spacial score (nSPS) is 11.0. The minimum absolute atomic E-state index is 0.0698. The standard InChI is InChI=1S/C20H17ClN4O3/c1-13-10-16(12-22-23-20(26)15-6-4-3-5-7-15)14(2)24(13)17-8-9-19(25(27)28)18(21)11-17/h3-12H,1-2H3,(H,23,26)/b22-12+. The largest absolute Gasteiger partial charge is 0.318 e. The van der Waals surface area contributed by atoms with E-state index in [2.05, 4.69) is 10.5 Å². The third-order valence-corrected chi connectivity index (χ3v) is 4.56. The summed E-state index contributed by atoms with van der Waals surface area (Å²) in [6.07, 6.45) is 1.56. The van der Waals surface area contributed by atoms with Crippen molar-refractivity contribution in [3.8, 4) is 5.69 Å². The van der Waals surface area contributed by atoms with Crippen LogP contribution in [0.1, 0.15) is 27.3 Å². The molecule has 0 atom stereocenters. The van der Waals surface area contributed by atoms with Gasteiger partial charge in [-0.3, -0.25) is 14.9 Å². The lowest BCUT2D eigenvalue weighted by Crippen LogP contribution is -2.17. The highest BCUT2D eigenvalue weighted by Crippen LogP contribution is 2.28. The molecular formula is C20H17ClN4O3. The van der Waals surface area contributed by atoms with Crippen molar-refractivity contribution < 1.29 is 9.72 Å². The Kier molecular flexibility index (Phi) is 5.56. The number of hydrazone groups is 1. The number of carbonyl (C=O) groups is 1. The van der Waals surface area contributed by atoms with Crippen LogP contribution in [0.25, 0.3) is 5.69 Å². The van der Waals surface area contributed by atoms with Crippen LogP contribution < -0.4 is 5.43 Å². The van der Waals surface area contributed by atoms with Gasteiger partial charge in [0.25, 0.3) is 11.6 Å². The molecule has 0 saturated heterocycles. The molecule has 1 amide bonds. The molecule has 0 radical (unpaired) electrons. The predicted octanol–water partition coefficient (Wildman–Crippen LogP) is 4.42. The third kappa shape index (κ3) is 3.94. The van der Waals surface area contributed by atoms with Gasteiger partial charge in [-0.15, -0.1) is 0 Å². The Bertz CT molecular complexity index is 1070. The molecule has 0 aliphatic heterocycles. The Balaban J connectivity index is 1.83. The zero-order valence-electron chi connectivity index (χ0n) is 15.2. The molecule has 0 fully saturated rings. The first-order valence-corrected chi connectivity index (χ1v) is 8.78. The molecule has 0 saturated carbocycles. The number of rotatable bonds is 5. The van der Waals surface area contributed by atoms with E-state index in [9.17, 15) is 14.9 Å². The fourth-order valence-electron chi connectivity index (χ4n) is 2.91. The quantitative estimate of drug-likeness (QED) is 0.393. The van der Waals surface area contributed by atoms with Crippen molar-refractivity contribution in [1.29, 1.82) is 0 Å². The fraction of sp³-hybridized carbons (Fsp3) is 0.100. The van der Waals surface area contributed by atoms with Crippen LogP contribution >= 0.6 is 11.6 Å². The number of nitrogens with one attached hydrogen (secondary N) is 1. The molecule has 3 rings (SSSR count). The van der Waals surface area contributed by atoms with Crippen molar-refractivity contribution in [1.82, 2.24) is 9.99 Å². The van der Waals surface area contributed by atoms with E-state index in [1.807, 2.05) is 30.5 Å². The maximum Gasteiger partial charge on any atom is 0.288 e. The molecule has 1 heterocycles. The minimum Gasteiger partial charge on any atom is -0.318 e. The zero-order valence-corrected chi connectivity index (χ0v) is 16.0. The highest BCUT2D eigenvalue weighted by atomic mass is 35.5. The average Bonchev–Trinajstić information content (AvgIpc) is 2.95. The summed E-state index contributed by atoms with van der Waals surface area (Å²) in [6.45, 7) is 3.80. The number of nitro benzene ring substituents is 1. The molecule has 0 bridgehead atoms. The topological polar surface area (TPSA) is 89.5 Å². The molecule has 0 aliphatic carbocycles. The van der Waals surface area contributed by atoms with Gasteiger partial charge in [0.1, 0.15) is 5.02 Å². The number of halogens is 1. The zero-order chi connectivity index (χ0) is 20.3. The van der Waals surface area contributed by atoms with Crippen LogP contribution in [0.4, 0.5) is 5.69 Å². The van der Waals surface area contributed by atoms with Crippen molar-refractivity contribution in [2.75, 3.05) is 0 Å². The summed E-state index contributed by atoms with van der Waals surface area (Å²) < 4.78 is 1.91. The highest BCUT2D eigenvalue weighted by molar-refractivity contribution is 6.32. The summed E-state index contributed by atoms with van der Waals surface area (Å²) in [5.74, 6) is -0.298. The van der Waals surface area contributed by atoms with Gasteiger partial charge >= 0.3 is 0 Å². The number of nitro groups is 1. The lowest BCUT2D eigenvalue weighted by Gasteiger charge is -2.10. The molecule has 2 aromatic carbocycles. The number of aryl methyl sites for hydroxylation is 1. The Hall–Kier alpha value is -3.45. The number of carbonyl (C=O) groups excluding carboxylic acids is 1. The van der Waals surface area contributed by atoms with Gasteiger partial charge in [-0.1, -0.05) is 29.8 Å². The van der Waals surface area contributed by atoms with Crippen molar-refractivity contribution in [3.05, 3.63) is 92.2 Å². The summed E-state index contributed by atoms with van der Waals surface area (Å²) in [6, 6.07) is 15.3. The Morgan fingerprint density at radius 1 is 1.18 bits per heavy atom. The van der Waals surface area contributed by atoms with Crippen LogP contribution in [-0.4, -0.2) is 21.6 Å². The van der Waals surface area contributed by atoms with Crippen LogP contribution in [0.5, 0.6) is 0 Å². The SMILES string of the molecule is Cc1cc(/C=N/NC(=O)c2ccccc2)c(C)n1-c1ccc([N+](=O)[O-])c(Cl)c1. The van der Waals surface area contributed by atoms with Gasteiger partial charge in [-0.25, -0.2) is 5.43 Å². The van der Waals surface area contributed by atoms with Crippen molar-refractivity contribution >= 4 is 29.4 Å². The molecule has 7 nitrogen and oxygen atoms in total. The molecule has 1 N–H and O–H groups in total. The molecule has 142 valence electrons. The Labute approximate surface area is 166 Å². The Morgan fingerprint density at radius 3 is 2.54 bits per heavy atom. The second-order valence-electron chi connectivity index (χ2n) is 6.12. The summed E-state index contributed by atoms with van der Waals surface area (Å²) >= 11 is 6.03. The van der Waals surface area contributed by atoms with E-state index < -0.39 is 4.92 Å². The second-order valence-corrected chi connectivity index (χ2v) is 6.53. The van der Waals surface area contributed by atoms with Gasteiger partial charge in [-0.05, 0) is 44.2 Å². The first kappa shape index (κ1) is 19.3. The van der Waals surface area contributed by atoms with Gasteiger partial charge in [0, 0.05) is 34.3 Å².